The summed E-state index contributed by atoms with van der Waals surface area (Å²) in [6.07, 6.45) is 9.66. The van der Waals surface area contributed by atoms with E-state index in [1.165, 1.54) is 0 Å². The third kappa shape index (κ3) is 2.80. The summed E-state index contributed by atoms with van der Waals surface area (Å²) in [6.45, 7) is 0.0315. The number of fused-ring (bicyclic) bond motifs is 1. The number of amides is 3. The summed E-state index contributed by atoms with van der Waals surface area (Å²) >= 11 is 0. The first kappa shape index (κ1) is 18.5. The van der Waals surface area contributed by atoms with Crippen molar-refractivity contribution in [2.75, 3.05) is 7.11 Å². The number of hydrogen-bond donors (Lipinski definition) is 3. The van der Waals surface area contributed by atoms with Crippen LogP contribution >= 0.6 is 0 Å². The average Bonchev–Trinajstić information content (AvgIpc) is 3.51. The molecule has 0 unspecified atom stereocenters. The third-order valence-corrected chi connectivity index (χ3v) is 6.21. The summed E-state index contributed by atoms with van der Waals surface area (Å²) in [7, 11) is 1.56. The van der Waals surface area contributed by atoms with Crippen molar-refractivity contribution in [3.8, 4) is 11.6 Å². The van der Waals surface area contributed by atoms with Crippen LogP contribution in [0.5, 0.6) is 11.6 Å². The second-order valence-corrected chi connectivity index (χ2v) is 7.99. The predicted octanol–water partition coefficient (Wildman–Crippen LogP) is 2.40. The number of rotatable bonds is 5. The van der Waals surface area contributed by atoms with Gasteiger partial charge in [0.15, 0.2) is 11.4 Å². The minimum Gasteiger partial charge on any atom is -0.497 e. The summed E-state index contributed by atoms with van der Waals surface area (Å²) in [5.41, 5.74) is -0.766. The molecule has 1 aliphatic carbocycles. The van der Waals surface area contributed by atoms with Gasteiger partial charge in [0, 0.05) is 28.7 Å². The number of urea groups is 1. The van der Waals surface area contributed by atoms with E-state index in [0.717, 1.165) is 31.1 Å². The molecule has 1 saturated carbocycles. The van der Waals surface area contributed by atoms with Gasteiger partial charge in [-0.1, -0.05) is 12.8 Å². The van der Waals surface area contributed by atoms with Crippen molar-refractivity contribution in [2.45, 2.75) is 43.8 Å². The van der Waals surface area contributed by atoms with Crippen molar-refractivity contribution >= 4 is 22.7 Å². The van der Waals surface area contributed by atoms with E-state index in [4.69, 9.17) is 4.74 Å². The minimum absolute atomic E-state index is 0.000378. The monoisotopic (exact) mass is 409 g/mol. The Kier molecular flexibility index (Phi) is 4.19. The van der Waals surface area contributed by atoms with Crippen LogP contribution in [0.15, 0.2) is 36.8 Å². The lowest BCUT2D eigenvalue weighted by atomic mass is 9.92. The molecule has 2 fully saturated rings. The molecule has 30 heavy (non-hydrogen) atoms. The molecule has 3 aromatic rings. The quantitative estimate of drug-likeness (QED) is 0.561. The first-order valence-corrected chi connectivity index (χ1v) is 10.0. The summed E-state index contributed by atoms with van der Waals surface area (Å²) in [5, 5.41) is 21.8. The fraction of sp³-hybridized carbons (Fsp3) is 0.381. The van der Waals surface area contributed by atoms with Gasteiger partial charge in [-0.2, -0.15) is 5.10 Å². The highest BCUT2D eigenvalue weighted by molar-refractivity contribution is 6.07. The van der Waals surface area contributed by atoms with Crippen LogP contribution < -0.4 is 15.4 Å². The molecule has 3 N–H and O–H groups in total. The van der Waals surface area contributed by atoms with Crippen LogP contribution in [0.2, 0.25) is 0 Å². The number of carbonyl (C=O) groups excluding carboxylic acids is 2. The Labute approximate surface area is 172 Å². The van der Waals surface area contributed by atoms with Crippen molar-refractivity contribution in [3.63, 3.8) is 0 Å². The first-order chi connectivity index (χ1) is 14.5. The number of methoxy groups -OCH3 is 1. The van der Waals surface area contributed by atoms with Crippen molar-refractivity contribution < 1.29 is 19.4 Å². The maximum Gasteiger partial charge on any atom is 0.322 e. The third-order valence-electron chi connectivity index (χ3n) is 6.21. The highest BCUT2D eigenvalue weighted by atomic mass is 16.5. The van der Waals surface area contributed by atoms with E-state index in [-0.39, 0.29) is 12.4 Å². The maximum atomic E-state index is 12.9. The summed E-state index contributed by atoms with van der Waals surface area (Å²) < 4.78 is 8.70. The molecule has 2 aromatic heterocycles. The zero-order valence-corrected chi connectivity index (χ0v) is 16.6. The first-order valence-electron chi connectivity index (χ1n) is 10.0. The Morgan fingerprint density at radius 1 is 1.27 bits per heavy atom. The van der Waals surface area contributed by atoms with Crippen LogP contribution in [-0.2, 0) is 16.9 Å². The minimum atomic E-state index is -1.36. The lowest BCUT2D eigenvalue weighted by Crippen LogP contribution is -2.47. The molecule has 1 aliphatic heterocycles. The molecule has 2 aliphatic rings. The highest BCUT2D eigenvalue weighted by Gasteiger charge is 2.49. The Morgan fingerprint density at radius 3 is 2.77 bits per heavy atom. The van der Waals surface area contributed by atoms with Gasteiger partial charge < -0.3 is 19.7 Å². The average molecular weight is 409 g/mol. The number of benzene rings is 1. The SMILES string of the molecule is COc1ccc2cn(C[C@@]3(c4cnn(C5CCCC5)c4)NC(=O)NC3=O)c(O)c2c1. The number of aromatic hydroxyl groups is 1. The predicted molar refractivity (Wildman–Crippen MR) is 108 cm³/mol. The molecular formula is C21H23N5O4. The number of carbonyl (C=O) groups is 2. The van der Waals surface area contributed by atoms with Crippen LogP contribution in [0.1, 0.15) is 37.3 Å². The van der Waals surface area contributed by atoms with Gasteiger partial charge in [0.1, 0.15) is 5.75 Å². The molecule has 1 saturated heterocycles. The van der Waals surface area contributed by atoms with E-state index in [2.05, 4.69) is 15.7 Å². The van der Waals surface area contributed by atoms with E-state index < -0.39 is 17.5 Å². The van der Waals surface area contributed by atoms with Gasteiger partial charge in [0.05, 0.1) is 25.9 Å². The lowest BCUT2D eigenvalue weighted by Gasteiger charge is -2.25. The van der Waals surface area contributed by atoms with E-state index in [0.29, 0.717) is 22.7 Å². The van der Waals surface area contributed by atoms with Crippen molar-refractivity contribution in [3.05, 3.63) is 42.4 Å². The van der Waals surface area contributed by atoms with Crippen molar-refractivity contribution in [2.24, 2.45) is 0 Å². The van der Waals surface area contributed by atoms with E-state index in [9.17, 15) is 14.7 Å². The number of nitrogens with zero attached hydrogens (tertiary/aromatic N) is 3. The normalized spacial score (nSPS) is 21.9. The molecule has 156 valence electrons. The van der Waals surface area contributed by atoms with Gasteiger partial charge in [-0.15, -0.1) is 0 Å². The van der Waals surface area contributed by atoms with Crippen LogP contribution in [0.3, 0.4) is 0 Å². The second kappa shape index (κ2) is 6.79. The Bertz CT molecular complexity index is 1140. The van der Waals surface area contributed by atoms with Gasteiger partial charge in [-0.3, -0.25) is 14.8 Å². The number of nitrogens with one attached hydrogen (secondary N) is 2. The highest BCUT2D eigenvalue weighted by Crippen LogP contribution is 2.36. The summed E-state index contributed by atoms with van der Waals surface area (Å²) in [4.78, 5) is 25.0. The number of ether oxygens (including phenoxy) is 1. The van der Waals surface area contributed by atoms with Crippen LogP contribution in [0.25, 0.3) is 10.8 Å². The van der Waals surface area contributed by atoms with Crippen molar-refractivity contribution in [1.29, 1.82) is 0 Å². The Morgan fingerprint density at radius 2 is 2.07 bits per heavy atom. The van der Waals surface area contributed by atoms with Gasteiger partial charge in [0.25, 0.3) is 5.91 Å². The Hall–Kier alpha value is -3.49. The molecule has 1 atom stereocenters. The lowest BCUT2D eigenvalue weighted by molar-refractivity contribution is -0.124. The molecule has 0 bridgehead atoms. The van der Waals surface area contributed by atoms with Gasteiger partial charge in [0.2, 0.25) is 0 Å². The molecule has 1 aromatic carbocycles. The number of imide groups is 1. The summed E-state index contributed by atoms with van der Waals surface area (Å²) in [5.74, 6) is 0.156. The summed E-state index contributed by atoms with van der Waals surface area (Å²) in [6, 6.07) is 5.12. The van der Waals surface area contributed by atoms with Gasteiger partial charge in [-0.25, -0.2) is 4.79 Å². The fourth-order valence-electron chi connectivity index (χ4n) is 4.55. The largest absolute Gasteiger partial charge is 0.497 e. The van der Waals surface area contributed by atoms with Gasteiger partial charge >= 0.3 is 6.03 Å². The number of hydrogen-bond acceptors (Lipinski definition) is 5. The zero-order valence-electron chi connectivity index (χ0n) is 16.6. The second-order valence-electron chi connectivity index (χ2n) is 7.99. The van der Waals surface area contributed by atoms with Crippen LogP contribution in [0.4, 0.5) is 4.79 Å². The molecule has 0 spiro atoms. The zero-order chi connectivity index (χ0) is 20.9. The topological polar surface area (TPSA) is 110 Å². The maximum absolute atomic E-state index is 12.9. The van der Waals surface area contributed by atoms with Crippen LogP contribution in [0, 0.1) is 0 Å². The smallest absolute Gasteiger partial charge is 0.322 e. The molecular weight excluding hydrogens is 386 g/mol. The molecule has 9 nitrogen and oxygen atoms in total. The molecule has 9 heteroatoms. The molecule has 0 radical (unpaired) electrons. The molecule has 3 amide bonds. The van der Waals surface area contributed by atoms with Crippen LogP contribution in [-0.4, -0.2) is 38.5 Å². The number of aromatic nitrogens is 3. The van der Waals surface area contributed by atoms with Gasteiger partial charge in [-0.05, 0) is 31.0 Å². The fourth-order valence-corrected chi connectivity index (χ4v) is 4.55. The van der Waals surface area contributed by atoms with Crippen molar-refractivity contribution in [1.82, 2.24) is 25.0 Å². The standard InChI is InChI=1S/C21H23N5O4/c1-30-16-7-6-13-10-25(18(27)17(13)8-16)12-21(19(28)23-20(29)24-21)14-9-22-26(11-14)15-4-2-3-5-15/h6-11,15,27H,2-5,12H2,1H3,(H2,23,24,28,29)/t21-/m0/s1. The Balaban J connectivity index is 1.56. The molecule has 5 rings (SSSR count). The van der Waals surface area contributed by atoms with E-state index >= 15 is 0 Å². The molecule has 3 heterocycles. The van der Waals surface area contributed by atoms with E-state index in [1.807, 2.05) is 16.9 Å². The van der Waals surface area contributed by atoms with E-state index in [1.54, 1.807) is 36.2 Å².